The van der Waals surface area contributed by atoms with Crippen LogP contribution in [0.15, 0.2) is 141 Å². The van der Waals surface area contributed by atoms with Gasteiger partial charge in [0.25, 0.3) is 11.8 Å². The van der Waals surface area contributed by atoms with Crippen molar-refractivity contribution in [1.82, 2.24) is 0 Å². The fourth-order valence-corrected chi connectivity index (χ4v) is 5.69. The molecule has 0 aromatic heterocycles. The first kappa shape index (κ1) is 29.4. The number of benzene rings is 4. The highest BCUT2D eigenvalue weighted by Crippen LogP contribution is 2.47. The van der Waals surface area contributed by atoms with E-state index in [-0.39, 0.29) is 8.96 Å². The second kappa shape index (κ2) is 12.3. The number of allylic oxidation sites excluding steroid dienone is 2. The van der Waals surface area contributed by atoms with E-state index in [2.05, 4.69) is 45.0 Å². The van der Waals surface area contributed by atoms with Crippen LogP contribution in [0, 0.1) is 0 Å². The highest BCUT2D eigenvalue weighted by molar-refractivity contribution is 9.12. The molecule has 4 aromatic rings. The quantitative estimate of drug-likeness (QED) is 0.151. The van der Waals surface area contributed by atoms with Crippen molar-refractivity contribution in [3.8, 4) is 0 Å². The van der Waals surface area contributed by atoms with Gasteiger partial charge < -0.3 is 0 Å². The van der Waals surface area contributed by atoms with E-state index in [9.17, 15) is 0 Å². The van der Waals surface area contributed by atoms with Gasteiger partial charge in [-0.05, 0) is 78.4 Å². The Labute approximate surface area is 247 Å². The molecule has 0 saturated heterocycles. The van der Waals surface area contributed by atoms with Gasteiger partial charge in [0.1, 0.15) is 0 Å². The average molecular weight is 676 g/mol. The fraction of sp³-hybridized carbons (Fsp3) is 0.125. The molecule has 0 radical (unpaired) electrons. The lowest BCUT2D eigenvalue weighted by molar-refractivity contribution is 0.0335. The Bertz CT molecular complexity index is 1310. The zero-order valence-corrected chi connectivity index (χ0v) is 24.6. The number of hydrogen-bond donors (Lipinski definition) is 0. The summed E-state index contributed by atoms with van der Waals surface area (Å²) in [5.41, 5.74) is 1.87. The predicted octanol–water partition coefficient (Wildman–Crippen LogP) is 11.2. The average Bonchev–Trinajstić information content (AvgIpc) is 2.92. The molecule has 0 bridgehead atoms. The maximum absolute atomic E-state index is 15.2. The van der Waals surface area contributed by atoms with Gasteiger partial charge in [0, 0.05) is 9.79 Å². The predicted molar refractivity (Wildman–Crippen MR) is 160 cm³/mol. The van der Waals surface area contributed by atoms with Crippen molar-refractivity contribution in [3.05, 3.63) is 154 Å². The first-order valence-electron chi connectivity index (χ1n) is 11.9. The molecule has 0 nitrogen and oxygen atoms in total. The summed E-state index contributed by atoms with van der Waals surface area (Å²) >= 11 is 7.21. The zero-order valence-electron chi connectivity index (χ0n) is 20.6. The topological polar surface area (TPSA) is 0 Å². The standard InChI is InChI=1S/C32H24Br2F4S/c1-21(33)31(35,36)29(23-9-5-3-6-10-23)25-13-17-27(18-14-25)39-28-19-15-26(16-20-28)30(32(37,38)22(2)34)24-11-7-4-8-12-24/h3-20,29-30H,1-2H2. The summed E-state index contributed by atoms with van der Waals surface area (Å²) in [5.74, 6) is -8.82. The molecule has 2 atom stereocenters. The summed E-state index contributed by atoms with van der Waals surface area (Å²) < 4.78 is 59.9. The first-order valence-corrected chi connectivity index (χ1v) is 14.3. The Hall–Kier alpha value is -2.61. The molecule has 4 aromatic carbocycles. The van der Waals surface area contributed by atoms with E-state index in [1.165, 1.54) is 11.8 Å². The third-order valence-electron chi connectivity index (χ3n) is 6.38. The van der Waals surface area contributed by atoms with Crippen molar-refractivity contribution in [2.75, 3.05) is 0 Å². The van der Waals surface area contributed by atoms with Gasteiger partial charge in [-0.2, -0.15) is 17.6 Å². The van der Waals surface area contributed by atoms with Crippen molar-refractivity contribution < 1.29 is 17.6 Å². The Kier molecular flexibility index (Phi) is 9.25. The number of alkyl halides is 4. The van der Waals surface area contributed by atoms with Gasteiger partial charge >= 0.3 is 0 Å². The zero-order chi connectivity index (χ0) is 28.2. The van der Waals surface area contributed by atoms with Crippen LogP contribution >= 0.6 is 43.6 Å². The summed E-state index contributed by atoms with van der Waals surface area (Å²) in [4.78, 5) is 1.66. The van der Waals surface area contributed by atoms with Gasteiger partial charge in [-0.25, -0.2) is 0 Å². The van der Waals surface area contributed by atoms with Crippen molar-refractivity contribution in [2.24, 2.45) is 0 Å². The number of halogens is 6. The lowest BCUT2D eigenvalue weighted by Gasteiger charge is -2.27. The molecule has 0 aliphatic carbocycles. The minimum absolute atomic E-state index is 0.384. The summed E-state index contributed by atoms with van der Waals surface area (Å²) in [5, 5.41) is 0. The van der Waals surface area contributed by atoms with Gasteiger partial charge in [-0.1, -0.05) is 110 Å². The van der Waals surface area contributed by atoms with E-state index >= 15 is 17.6 Å². The molecule has 7 heteroatoms. The Morgan fingerprint density at radius 2 is 0.795 bits per heavy atom. The molecular formula is C32H24Br2F4S. The van der Waals surface area contributed by atoms with Crippen molar-refractivity contribution in [2.45, 2.75) is 33.5 Å². The van der Waals surface area contributed by atoms with Crippen LogP contribution in [-0.2, 0) is 0 Å². The minimum Gasteiger partial charge on any atom is -0.200 e. The third-order valence-corrected chi connectivity index (χ3v) is 8.45. The Balaban J connectivity index is 1.58. The third kappa shape index (κ3) is 6.59. The van der Waals surface area contributed by atoms with Crippen LogP contribution in [-0.4, -0.2) is 11.8 Å². The van der Waals surface area contributed by atoms with E-state index in [0.29, 0.717) is 22.3 Å². The Morgan fingerprint density at radius 3 is 1.08 bits per heavy atom. The Morgan fingerprint density at radius 1 is 0.513 bits per heavy atom. The SMILES string of the molecule is C=C(Br)C(F)(F)C(c1ccccc1)c1ccc(Sc2ccc(C(c3ccccc3)C(F)(F)C(=C)Br)cc2)cc1. The van der Waals surface area contributed by atoms with E-state index in [0.717, 1.165) is 9.79 Å². The van der Waals surface area contributed by atoms with Crippen LogP contribution in [0.5, 0.6) is 0 Å². The lowest BCUT2D eigenvalue weighted by atomic mass is 9.86. The molecule has 2 unspecified atom stereocenters. The van der Waals surface area contributed by atoms with Gasteiger partial charge in [-0.3, -0.25) is 0 Å². The molecule has 39 heavy (non-hydrogen) atoms. The molecule has 200 valence electrons. The van der Waals surface area contributed by atoms with Crippen molar-refractivity contribution in [1.29, 1.82) is 0 Å². The molecule has 0 N–H and O–H groups in total. The molecule has 0 aliphatic rings. The smallest absolute Gasteiger partial charge is 0.200 e. The fourth-order valence-electron chi connectivity index (χ4n) is 4.42. The van der Waals surface area contributed by atoms with Crippen LogP contribution < -0.4 is 0 Å². The van der Waals surface area contributed by atoms with E-state index in [1.54, 1.807) is 109 Å². The van der Waals surface area contributed by atoms with Gasteiger partial charge in [-0.15, -0.1) is 0 Å². The van der Waals surface area contributed by atoms with E-state index in [4.69, 9.17) is 0 Å². The molecule has 0 amide bonds. The summed E-state index contributed by atoms with van der Waals surface area (Å²) in [6.07, 6.45) is 0. The molecule has 0 fully saturated rings. The molecule has 0 saturated carbocycles. The van der Waals surface area contributed by atoms with Gasteiger partial charge in [0.05, 0.1) is 20.8 Å². The number of hydrogen-bond acceptors (Lipinski definition) is 1. The molecule has 0 heterocycles. The van der Waals surface area contributed by atoms with Crippen LogP contribution in [0.3, 0.4) is 0 Å². The summed E-state index contributed by atoms with van der Waals surface area (Å²) in [7, 11) is 0. The summed E-state index contributed by atoms with van der Waals surface area (Å²) in [6.45, 7) is 6.89. The van der Waals surface area contributed by atoms with Gasteiger partial charge in [0.2, 0.25) is 0 Å². The molecule has 4 rings (SSSR count). The first-order chi connectivity index (χ1) is 18.5. The lowest BCUT2D eigenvalue weighted by Crippen LogP contribution is -2.27. The second-order valence-corrected chi connectivity index (χ2v) is 12.0. The maximum Gasteiger partial charge on any atom is 0.289 e. The van der Waals surface area contributed by atoms with Crippen molar-refractivity contribution in [3.63, 3.8) is 0 Å². The molecule has 0 aliphatic heterocycles. The van der Waals surface area contributed by atoms with Gasteiger partial charge in [0.15, 0.2) is 0 Å². The van der Waals surface area contributed by atoms with Crippen LogP contribution in [0.2, 0.25) is 0 Å². The highest BCUT2D eigenvalue weighted by Gasteiger charge is 2.44. The minimum atomic E-state index is -3.20. The largest absolute Gasteiger partial charge is 0.289 e. The maximum atomic E-state index is 15.2. The highest BCUT2D eigenvalue weighted by atomic mass is 79.9. The molecular weight excluding hydrogens is 652 g/mol. The molecule has 0 spiro atoms. The van der Waals surface area contributed by atoms with Crippen LogP contribution in [0.1, 0.15) is 34.1 Å². The second-order valence-electron chi connectivity index (χ2n) is 8.98. The monoisotopic (exact) mass is 674 g/mol. The van der Waals surface area contributed by atoms with Crippen LogP contribution in [0.25, 0.3) is 0 Å². The van der Waals surface area contributed by atoms with E-state index in [1.807, 2.05) is 0 Å². The van der Waals surface area contributed by atoms with Crippen LogP contribution in [0.4, 0.5) is 17.6 Å². The number of rotatable bonds is 10. The summed E-state index contributed by atoms with van der Waals surface area (Å²) in [6, 6.07) is 31.1. The van der Waals surface area contributed by atoms with E-state index < -0.39 is 23.7 Å². The normalized spacial score (nSPS) is 13.5. The van der Waals surface area contributed by atoms with Crippen molar-refractivity contribution >= 4 is 43.6 Å².